The largest absolute Gasteiger partial charge is 0.353 e. The van der Waals surface area contributed by atoms with Gasteiger partial charge in [-0.25, -0.2) is 0 Å². The first-order valence-electron chi connectivity index (χ1n) is 6.44. The van der Waals surface area contributed by atoms with Crippen LogP contribution in [0.5, 0.6) is 0 Å². The normalized spacial score (nSPS) is 11.0. The Hall–Kier alpha value is -1.70. The molecule has 0 fully saturated rings. The van der Waals surface area contributed by atoms with E-state index in [0.29, 0.717) is 6.54 Å². The molecule has 2 aromatic heterocycles. The molecule has 0 atom stereocenters. The van der Waals surface area contributed by atoms with Gasteiger partial charge in [0.05, 0.1) is 5.52 Å². The fourth-order valence-electron chi connectivity index (χ4n) is 1.94. The van der Waals surface area contributed by atoms with Crippen LogP contribution < -0.4 is 10.6 Å². The Morgan fingerprint density at radius 2 is 2.05 bits per heavy atom. The van der Waals surface area contributed by atoms with E-state index in [-0.39, 0.29) is 0 Å². The van der Waals surface area contributed by atoms with Crippen molar-refractivity contribution in [2.45, 2.75) is 15.8 Å². The first-order valence-corrected chi connectivity index (χ1v) is 8.07. The van der Waals surface area contributed by atoms with Crippen LogP contribution in [-0.2, 0) is 6.54 Å². The van der Waals surface area contributed by atoms with Crippen molar-refractivity contribution >= 4 is 39.1 Å². The Bertz CT molecular complexity index is 769. The summed E-state index contributed by atoms with van der Waals surface area (Å²) >= 11 is 3.17. The van der Waals surface area contributed by atoms with Crippen LogP contribution in [0.25, 0.3) is 10.9 Å². The molecule has 0 saturated carbocycles. The smallest absolute Gasteiger partial charge is 0.208 e. The fourth-order valence-corrected chi connectivity index (χ4v) is 3.88. The maximum Gasteiger partial charge on any atom is 0.208 e. The molecule has 0 unspecified atom stereocenters. The number of anilines is 1. The molecular formula is C14H15N5S2. The van der Waals surface area contributed by atoms with Crippen LogP contribution in [0.1, 0.15) is 5.56 Å². The molecule has 0 aliphatic carbocycles. The zero-order valence-electron chi connectivity index (χ0n) is 11.8. The van der Waals surface area contributed by atoms with E-state index in [1.807, 2.05) is 43.4 Å². The Morgan fingerprint density at radius 3 is 2.76 bits per heavy atom. The van der Waals surface area contributed by atoms with Gasteiger partial charge in [-0.3, -0.25) is 4.98 Å². The van der Waals surface area contributed by atoms with E-state index in [2.05, 4.69) is 21.2 Å². The molecule has 2 N–H and O–H groups in total. The zero-order chi connectivity index (χ0) is 14.8. The summed E-state index contributed by atoms with van der Waals surface area (Å²) < 4.78 is 0.907. The predicted octanol–water partition coefficient (Wildman–Crippen LogP) is 2.76. The maximum absolute atomic E-state index is 5.85. The van der Waals surface area contributed by atoms with Gasteiger partial charge in [-0.1, -0.05) is 41.3 Å². The average Bonchev–Trinajstić information content (AvgIpc) is 2.96. The molecule has 5 nitrogen and oxygen atoms in total. The van der Waals surface area contributed by atoms with Gasteiger partial charge >= 0.3 is 0 Å². The lowest BCUT2D eigenvalue weighted by atomic mass is 10.1. The van der Waals surface area contributed by atoms with E-state index in [9.17, 15) is 0 Å². The van der Waals surface area contributed by atoms with E-state index >= 15 is 0 Å². The van der Waals surface area contributed by atoms with Crippen LogP contribution in [0, 0.1) is 0 Å². The summed E-state index contributed by atoms with van der Waals surface area (Å²) in [6.07, 6.45) is 1.85. The zero-order valence-corrected chi connectivity index (χ0v) is 13.4. The molecule has 3 aromatic rings. The molecule has 0 radical (unpaired) electrons. The van der Waals surface area contributed by atoms with E-state index in [1.54, 1.807) is 23.1 Å². The van der Waals surface area contributed by atoms with Gasteiger partial charge in [0.25, 0.3) is 0 Å². The second-order valence-corrected chi connectivity index (χ2v) is 6.89. The predicted molar refractivity (Wildman–Crippen MR) is 88.0 cm³/mol. The van der Waals surface area contributed by atoms with Crippen molar-refractivity contribution in [1.29, 1.82) is 0 Å². The Morgan fingerprint density at radius 1 is 1.24 bits per heavy atom. The number of aromatic nitrogens is 3. The van der Waals surface area contributed by atoms with Crippen molar-refractivity contribution in [3.8, 4) is 0 Å². The molecule has 2 heterocycles. The van der Waals surface area contributed by atoms with Crippen molar-refractivity contribution in [1.82, 2.24) is 15.2 Å². The first kappa shape index (κ1) is 14.2. The summed E-state index contributed by atoms with van der Waals surface area (Å²) in [7, 11) is 3.92. The Labute approximate surface area is 131 Å². The number of para-hydroxylation sites is 1. The standard InChI is InChI=1S/C14H15N5S2/c1-19(2)13-17-18-14(21-13)20-12-9(7-15)8-16-11-6-4-3-5-10(11)12/h3-6,8H,7,15H2,1-2H3. The van der Waals surface area contributed by atoms with Gasteiger partial charge < -0.3 is 10.6 Å². The monoisotopic (exact) mass is 317 g/mol. The van der Waals surface area contributed by atoms with Gasteiger partial charge in [0, 0.05) is 37.1 Å². The molecule has 0 spiro atoms. The third-order valence-electron chi connectivity index (χ3n) is 2.99. The quantitative estimate of drug-likeness (QED) is 0.798. The summed E-state index contributed by atoms with van der Waals surface area (Å²) in [5.41, 5.74) is 7.85. The van der Waals surface area contributed by atoms with E-state index < -0.39 is 0 Å². The number of hydrogen-bond acceptors (Lipinski definition) is 7. The number of hydrogen-bond donors (Lipinski definition) is 1. The number of fused-ring (bicyclic) bond motifs is 1. The fraction of sp³-hybridized carbons (Fsp3) is 0.214. The Kier molecular flexibility index (Phi) is 4.05. The molecule has 7 heteroatoms. The maximum atomic E-state index is 5.85. The van der Waals surface area contributed by atoms with Crippen molar-refractivity contribution in [3.05, 3.63) is 36.0 Å². The average molecular weight is 317 g/mol. The summed E-state index contributed by atoms with van der Waals surface area (Å²) in [4.78, 5) is 7.52. The topological polar surface area (TPSA) is 67.9 Å². The Balaban J connectivity index is 2.05. The van der Waals surface area contributed by atoms with Crippen LogP contribution in [0.15, 0.2) is 39.7 Å². The van der Waals surface area contributed by atoms with Crippen molar-refractivity contribution < 1.29 is 0 Å². The number of nitrogens with zero attached hydrogens (tertiary/aromatic N) is 4. The lowest BCUT2D eigenvalue weighted by Gasteiger charge is -2.09. The minimum atomic E-state index is 0.458. The van der Waals surface area contributed by atoms with E-state index in [4.69, 9.17) is 5.73 Å². The van der Waals surface area contributed by atoms with Gasteiger partial charge in [-0.05, 0) is 11.6 Å². The first-order chi connectivity index (χ1) is 10.2. The SMILES string of the molecule is CN(C)c1nnc(Sc2c(CN)cnc3ccccc23)s1. The van der Waals surface area contributed by atoms with Crippen molar-refractivity contribution in [2.24, 2.45) is 5.73 Å². The lowest BCUT2D eigenvalue weighted by Crippen LogP contribution is -2.07. The molecule has 0 bridgehead atoms. The molecule has 0 aliphatic rings. The molecule has 0 amide bonds. The van der Waals surface area contributed by atoms with E-state index in [1.165, 1.54) is 0 Å². The van der Waals surface area contributed by atoms with Crippen molar-refractivity contribution in [2.75, 3.05) is 19.0 Å². The van der Waals surface area contributed by atoms with Crippen LogP contribution in [0.4, 0.5) is 5.13 Å². The number of benzene rings is 1. The van der Waals surface area contributed by atoms with Crippen LogP contribution in [0.2, 0.25) is 0 Å². The highest BCUT2D eigenvalue weighted by atomic mass is 32.2. The molecule has 108 valence electrons. The number of nitrogens with two attached hydrogens (primary N) is 1. The van der Waals surface area contributed by atoms with Crippen LogP contribution >= 0.6 is 23.1 Å². The molecule has 0 aliphatic heterocycles. The van der Waals surface area contributed by atoms with Gasteiger partial charge in [0.2, 0.25) is 5.13 Å². The molecule has 0 saturated heterocycles. The second kappa shape index (κ2) is 5.97. The third kappa shape index (κ3) is 2.85. The van der Waals surface area contributed by atoms with Crippen molar-refractivity contribution in [3.63, 3.8) is 0 Å². The van der Waals surface area contributed by atoms with Gasteiger partial charge in [0.1, 0.15) is 0 Å². The van der Waals surface area contributed by atoms with Gasteiger partial charge in [0.15, 0.2) is 4.34 Å². The minimum Gasteiger partial charge on any atom is -0.353 e. The lowest BCUT2D eigenvalue weighted by molar-refractivity contribution is 0.970. The van der Waals surface area contributed by atoms with Crippen LogP contribution in [-0.4, -0.2) is 29.3 Å². The molecule has 21 heavy (non-hydrogen) atoms. The number of rotatable bonds is 4. The third-order valence-corrected chi connectivity index (χ3v) is 5.32. The van der Waals surface area contributed by atoms with Gasteiger partial charge in [-0.2, -0.15) is 0 Å². The highest BCUT2D eigenvalue weighted by molar-refractivity contribution is 8.01. The summed E-state index contributed by atoms with van der Waals surface area (Å²) in [5, 5.41) is 10.4. The van der Waals surface area contributed by atoms with Gasteiger partial charge in [-0.15, -0.1) is 10.2 Å². The molecule has 3 rings (SSSR count). The van der Waals surface area contributed by atoms with E-state index in [0.717, 1.165) is 30.8 Å². The molecule has 1 aromatic carbocycles. The summed E-state index contributed by atoms with van der Waals surface area (Å²) in [5.74, 6) is 0. The highest BCUT2D eigenvalue weighted by Gasteiger charge is 2.13. The summed E-state index contributed by atoms with van der Waals surface area (Å²) in [6.45, 7) is 0.458. The minimum absolute atomic E-state index is 0.458. The van der Waals surface area contributed by atoms with Crippen LogP contribution in [0.3, 0.4) is 0 Å². The molecular weight excluding hydrogens is 302 g/mol. The second-order valence-electron chi connectivity index (χ2n) is 4.68. The highest BCUT2D eigenvalue weighted by Crippen LogP contribution is 2.38. The summed E-state index contributed by atoms with van der Waals surface area (Å²) in [6, 6.07) is 8.07. The number of pyridine rings is 1.